The van der Waals surface area contributed by atoms with Gasteiger partial charge in [-0.05, 0) is 55.3 Å². The van der Waals surface area contributed by atoms with Crippen molar-refractivity contribution < 1.29 is 13.9 Å². The number of pyridine rings is 1. The highest BCUT2D eigenvalue weighted by atomic mass is 35.5. The zero-order valence-electron chi connectivity index (χ0n) is 19.4. The maximum Gasteiger partial charge on any atom is 0.141 e. The Kier molecular flexibility index (Phi) is 6.15. The molecule has 0 bridgehead atoms. The summed E-state index contributed by atoms with van der Waals surface area (Å²) in [7, 11) is 1.67. The third-order valence-corrected chi connectivity index (χ3v) is 6.54. The average Bonchev–Trinajstić information content (AvgIpc) is 2.84. The smallest absolute Gasteiger partial charge is 0.141 e. The normalized spacial score (nSPS) is 18.3. The van der Waals surface area contributed by atoms with E-state index in [4.69, 9.17) is 26.1 Å². The van der Waals surface area contributed by atoms with Crippen LogP contribution in [-0.4, -0.2) is 37.4 Å². The molecule has 2 atom stereocenters. The summed E-state index contributed by atoms with van der Waals surface area (Å²) < 4.78 is 25.4. The van der Waals surface area contributed by atoms with Crippen LogP contribution >= 0.6 is 11.6 Å². The van der Waals surface area contributed by atoms with Crippen LogP contribution in [0.4, 0.5) is 10.1 Å². The number of anilines is 1. The van der Waals surface area contributed by atoms with Crippen molar-refractivity contribution in [2.75, 3.05) is 25.1 Å². The van der Waals surface area contributed by atoms with Crippen LogP contribution in [0, 0.1) is 5.82 Å². The van der Waals surface area contributed by atoms with Gasteiger partial charge in [-0.1, -0.05) is 41.9 Å². The van der Waals surface area contributed by atoms with Crippen molar-refractivity contribution in [1.29, 1.82) is 0 Å². The van der Waals surface area contributed by atoms with Gasteiger partial charge in [-0.15, -0.1) is 0 Å². The molecule has 34 heavy (non-hydrogen) atoms. The Labute approximate surface area is 203 Å². The van der Waals surface area contributed by atoms with E-state index in [1.54, 1.807) is 19.2 Å². The molecule has 2 heterocycles. The fourth-order valence-electron chi connectivity index (χ4n) is 4.76. The van der Waals surface area contributed by atoms with E-state index in [-0.39, 0.29) is 17.2 Å². The average molecular weight is 477 g/mol. The highest BCUT2D eigenvalue weighted by Gasteiger charge is 2.22. The summed E-state index contributed by atoms with van der Waals surface area (Å²) in [5.74, 6) is 0.310. The lowest BCUT2D eigenvalue weighted by molar-refractivity contribution is -0.00521. The van der Waals surface area contributed by atoms with E-state index in [9.17, 15) is 4.39 Å². The summed E-state index contributed by atoms with van der Waals surface area (Å²) in [5.41, 5.74) is 5.57. The Bertz CT molecular complexity index is 1330. The fraction of sp³-hybridized carbons (Fsp3) is 0.250. The van der Waals surface area contributed by atoms with Crippen molar-refractivity contribution in [3.8, 4) is 28.0 Å². The number of hydrogen-bond donors (Lipinski definition) is 0. The molecule has 174 valence electrons. The molecule has 1 saturated heterocycles. The van der Waals surface area contributed by atoms with Crippen molar-refractivity contribution in [1.82, 2.24) is 4.98 Å². The number of halogens is 2. The van der Waals surface area contributed by atoms with Crippen molar-refractivity contribution >= 4 is 28.2 Å². The van der Waals surface area contributed by atoms with Crippen molar-refractivity contribution in [3.63, 3.8) is 0 Å². The van der Waals surface area contributed by atoms with Crippen molar-refractivity contribution in [2.24, 2.45) is 0 Å². The molecule has 0 amide bonds. The maximum atomic E-state index is 13.7. The summed E-state index contributed by atoms with van der Waals surface area (Å²) in [4.78, 5) is 7.14. The summed E-state index contributed by atoms with van der Waals surface area (Å²) in [6.45, 7) is 5.97. The minimum Gasteiger partial charge on any atom is -0.495 e. The number of benzene rings is 3. The number of aromatic nitrogens is 1. The molecule has 1 aliphatic rings. The molecule has 3 aromatic carbocycles. The molecule has 1 aromatic heterocycles. The van der Waals surface area contributed by atoms with Gasteiger partial charge in [-0.2, -0.15) is 0 Å². The van der Waals surface area contributed by atoms with Crippen LogP contribution in [0.2, 0.25) is 5.02 Å². The van der Waals surface area contributed by atoms with Gasteiger partial charge >= 0.3 is 0 Å². The number of nitrogens with zero attached hydrogens (tertiary/aromatic N) is 2. The van der Waals surface area contributed by atoms with E-state index in [0.29, 0.717) is 0 Å². The molecule has 0 radical (unpaired) electrons. The molecule has 0 saturated carbocycles. The predicted octanol–water partition coefficient (Wildman–Crippen LogP) is 6.98. The second kappa shape index (κ2) is 9.24. The molecule has 0 spiro atoms. The minimum absolute atomic E-state index is 0.0854. The molecule has 0 N–H and O–H groups in total. The van der Waals surface area contributed by atoms with E-state index in [2.05, 4.69) is 43.0 Å². The van der Waals surface area contributed by atoms with Gasteiger partial charge in [0.05, 0.1) is 29.9 Å². The monoisotopic (exact) mass is 476 g/mol. The third-order valence-electron chi connectivity index (χ3n) is 6.25. The van der Waals surface area contributed by atoms with Crippen LogP contribution < -0.4 is 9.64 Å². The number of fused-ring (bicyclic) bond motifs is 1. The van der Waals surface area contributed by atoms with Gasteiger partial charge in [0.25, 0.3) is 0 Å². The zero-order valence-corrected chi connectivity index (χ0v) is 20.1. The Morgan fingerprint density at radius 2 is 1.68 bits per heavy atom. The molecule has 1 unspecified atom stereocenters. The molecule has 1 aliphatic heterocycles. The second-order valence-electron chi connectivity index (χ2n) is 8.74. The Hall–Kier alpha value is -3.15. The number of morpholine rings is 1. The molecular formula is C28H26ClFN2O2. The predicted molar refractivity (Wildman–Crippen MR) is 136 cm³/mol. The highest BCUT2D eigenvalue weighted by Crippen LogP contribution is 2.39. The summed E-state index contributed by atoms with van der Waals surface area (Å²) in [5, 5.41) is 0.972. The largest absolute Gasteiger partial charge is 0.495 e. The van der Waals surface area contributed by atoms with Gasteiger partial charge in [0.15, 0.2) is 0 Å². The number of ether oxygens (including phenoxy) is 2. The van der Waals surface area contributed by atoms with Crippen molar-refractivity contribution in [2.45, 2.75) is 26.1 Å². The molecular weight excluding hydrogens is 451 g/mol. The maximum absolute atomic E-state index is 13.7. The quantitative estimate of drug-likeness (QED) is 0.318. The summed E-state index contributed by atoms with van der Waals surface area (Å²) in [6, 6.07) is 19.1. The first-order valence-corrected chi connectivity index (χ1v) is 11.7. The molecule has 4 aromatic rings. The SMILES string of the molecule is COc1c(-c2ccc(N3CC(C)O[C@H](C)C3)cc2)cnc2c(-c3ccc(F)c(Cl)c3)cccc12. The lowest BCUT2D eigenvalue weighted by Crippen LogP contribution is -2.45. The minimum atomic E-state index is -0.442. The Balaban J connectivity index is 1.54. The van der Waals surface area contributed by atoms with E-state index in [0.717, 1.165) is 52.0 Å². The van der Waals surface area contributed by atoms with Gasteiger partial charge in [-0.25, -0.2) is 4.39 Å². The highest BCUT2D eigenvalue weighted by molar-refractivity contribution is 6.31. The van der Waals surface area contributed by atoms with E-state index in [1.165, 1.54) is 11.8 Å². The van der Waals surface area contributed by atoms with Crippen LogP contribution in [0.3, 0.4) is 0 Å². The van der Waals surface area contributed by atoms with E-state index >= 15 is 0 Å². The number of rotatable bonds is 4. The van der Waals surface area contributed by atoms with Crippen molar-refractivity contribution in [3.05, 3.63) is 77.7 Å². The number of para-hydroxylation sites is 1. The second-order valence-corrected chi connectivity index (χ2v) is 9.15. The van der Waals surface area contributed by atoms with Crippen LogP contribution in [-0.2, 0) is 4.74 Å². The lowest BCUT2D eigenvalue weighted by Gasteiger charge is -2.36. The van der Waals surface area contributed by atoms with Crippen LogP contribution in [0.5, 0.6) is 5.75 Å². The first-order chi connectivity index (χ1) is 16.4. The van der Waals surface area contributed by atoms with Gasteiger partial charge in [0.2, 0.25) is 0 Å². The zero-order chi connectivity index (χ0) is 23.8. The molecule has 6 heteroatoms. The molecule has 0 aliphatic carbocycles. The van der Waals surface area contributed by atoms with Gasteiger partial charge in [0.1, 0.15) is 11.6 Å². The lowest BCUT2D eigenvalue weighted by atomic mass is 9.98. The third kappa shape index (κ3) is 4.22. The van der Waals surface area contributed by atoms with E-state index < -0.39 is 5.82 Å². The Morgan fingerprint density at radius 1 is 0.971 bits per heavy atom. The topological polar surface area (TPSA) is 34.6 Å². The first-order valence-electron chi connectivity index (χ1n) is 11.4. The number of hydrogen-bond acceptors (Lipinski definition) is 4. The molecule has 5 rings (SSSR count). The number of methoxy groups -OCH3 is 1. The van der Waals surface area contributed by atoms with Crippen LogP contribution in [0.15, 0.2) is 66.9 Å². The van der Waals surface area contributed by atoms with Gasteiger partial charge in [0, 0.05) is 41.5 Å². The van der Waals surface area contributed by atoms with Gasteiger partial charge in [-0.3, -0.25) is 4.98 Å². The van der Waals surface area contributed by atoms with Crippen LogP contribution in [0.1, 0.15) is 13.8 Å². The van der Waals surface area contributed by atoms with Crippen LogP contribution in [0.25, 0.3) is 33.2 Å². The van der Waals surface area contributed by atoms with E-state index in [1.807, 2.05) is 24.4 Å². The summed E-state index contributed by atoms with van der Waals surface area (Å²) >= 11 is 6.03. The standard InChI is InChI=1S/C28H26ClFN2O2/c1-17-15-32(16-18(2)34-17)21-10-7-19(8-11-21)24-14-31-27-22(5-4-6-23(27)28(24)33-3)20-9-12-26(30)25(29)13-20/h4-14,17-18H,15-16H2,1-3H3/t17-,18?/m1/s1. The molecule has 4 nitrogen and oxygen atoms in total. The molecule has 1 fully saturated rings. The summed E-state index contributed by atoms with van der Waals surface area (Å²) in [6.07, 6.45) is 2.25. The first kappa shape index (κ1) is 22.6. The van der Waals surface area contributed by atoms with Gasteiger partial charge < -0.3 is 14.4 Å². The fourth-order valence-corrected chi connectivity index (χ4v) is 4.94. The Morgan fingerprint density at radius 3 is 2.35 bits per heavy atom.